The van der Waals surface area contributed by atoms with Crippen molar-refractivity contribution in [2.45, 2.75) is 82.2 Å². The van der Waals surface area contributed by atoms with E-state index < -0.39 is 31.4 Å². The number of thioether (sulfide) groups is 1. The number of H-pyrrole nitrogens is 1. The van der Waals surface area contributed by atoms with Crippen LogP contribution >= 0.6 is 27.7 Å². The number of sulfonamides is 1. The predicted molar refractivity (Wildman–Crippen MR) is 250 cm³/mol. The number of piperidine rings is 1. The average molecular weight is 958 g/mol. The number of ether oxygens (including phenoxy) is 1. The van der Waals surface area contributed by atoms with Crippen LogP contribution in [0.3, 0.4) is 0 Å². The lowest BCUT2D eigenvalue weighted by atomic mass is 9.59. The Balaban J connectivity index is 0.899. The number of aromatic nitrogens is 3. The summed E-state index contributed by atoms with van der Waals surface area (Å²) in [7, 11) is -4.60. The maximum absolute atomic E-state index is 14.0. The molecule has 3 N–H and O–H groups in total. The number of hydrogen-bond acceptors (Lipinski definition) is 12. The van der Waals surface area contributed by atoms with Gasteiger partial charge in [0.2, 0.25) is 5.82 Å². The van der Waals surface area contributed by atoms with Crippen molar-refractivity contribution in [3.63, 3.8) is 0 Å². The van der Waals surface area contributed by atoms with Gasteiger partial charge in [-0.25, -0.2) is 23.1 Å². The maximum atomic E-state index is 14.0. The van der Waals surface area contributed by atoms with Crippen LogP contribution in [0.1, 0.15) is 87.2 Å². The van der Waals surface area contributed by atoms with Gasteiger partial charge in [-0.3, -0.25) is 19.8 Å². The summed E-state index contributed by atoms with van der Waals surface area (Å²) in [4.78, 5) is 41.6. The van der Waals surface area contributed by atoms with Crippen molar-refractivity contribution < 1.29 is 22.9 Å². The van der Waals surface area contributed by atoms with Crippen LogP contribution in [0, 0.1) is 26.9 Å². The number of anilines is 2. The third kappa shape index (κ3) is 9.43. The van der Waals surface area contributed by atoms with E-state index in [1.165, 1.54) is 22.9 Å². The largest absolute Gasteiger partial charge is 0.455 e. The van der Waals surface area contributed by atoms with E-state index in [4.69, 9.17) is 4.74 Å². The number of hydrogen-bond donors (Lipinski definition) is 3. The number of nitrogens with one attached hydrogen (secondary N) is 3. The molecule has 14 nitrogen and oxygen atoms in total. The number of amides is 1. The zero-order chi connectivity index (χ0) is 43.9. The van der Waals surface area contributed by atoms with Crippen LogP contribution in [0.5, 0.6) is 11.5 Å². The summed E-state index contributed by atoms with van der Waals surface area (Å²) in [6, 6.07) is 19.3. The van der Waals surface area contributed by atoms with Crippen LogP contribution in [0.15, 0.2) is 88.6 Å². The summed E-state index contributed by atoms with van der Waals surface area (Å²) in [6.45, 7) is 7.74. The summed E-state index contributed by atoms with van der Waals surface area (Å²) >= 11 is 5.84. The van der Waals surface area contributed by atoms with E-state index in [-0.39, 0.29) is 22.5 Å². The first-order chi connectivity index (χ1) is 30.2. The number of pyridine rings is 2. The maximum Gasteiger partial charge on any atom is 0.312 e. The molecule has 2 saturated heterocycles. The Morgan fingerprint density at radius 2 is 1.79 bits per heavy atom. The van der Waals surface area contributed by atoms with Crippen molar-refractivity contribution in [2.75, 3.05) is 47.9 Å². The van der Waals surface area contributed by atoms with E-state index >= 15 is 0 Å². The van der Waals surface area contributed by atoms with Crippen LogP contribution in [-0.2, 0) is 10.0 Å². The van der Waals surface area contributed by atoms with E-state index in [1.807, 2.05) is 23.9 Å². The molecule has 332 valence electrons. The molecule has 2 aliphatic heterocycles. The number of aromatic amines is 1. The van der Waals surface area contributed by atoms with Gasteiger partial charge in [0.15, 0.2) is 0 Å². The van der Waals surface area contributed by atoms with Gasteiger partial charge < -0.3 is 19.9 Å². The Hall–Kier alpha value is -4.71. The monoisotopic (exact) mass is 956 g/mol. The van der Waals surface area contributed by atoms with E-state index in [1.54, 1.807) is 30.6 Å². The summed E-state index contributed by atoms with van der Waals surface area (Å²) in [6.07, 6.45) is 12.9. The first kappa shape index (κ1) is 43.5. The third-order valence-electron chi connectivity index (χ3n) is 13.8. The van der Waals surface area contributed by atoms with Gasteiger partial charge in [-0.2, -0.15) is 11.8 Å². The Labute approximate surface area is 380 Å². The summed E-state index contributed by atoms with van der Waals surface area (Å²) in [5.41, 5.74) is 2.95. The molecule has 0 unspecified atom stereocenters. The van der Waals surface area contributed by atoms with E-state index in [0.29, 0.717) is 41.4 Å². The first-order valence-corrected chi connectivity index (χ1v) is 25.2. The van der Waals surface area contributed by atoms with Crippen molar-refractivity contribution in [3.8, 4) is 11.5 Å². The van der Waals surface area contributed by atoms with Crippen LogP contribution < -0.4 is 19.7 Å². The van der Waals surface area contributed by atoms with Crippen molar-refractivity contribution in [2.24, 2.45) is 16.7 Å². The normalized spacial score (nSPS) is 20.6. The lowest BCUT2D eigenvalue weighted by molar-refractivity contribution is -0.384. The smallest absolute Gasteiger partial charge is 0.312 e. The van der Waals surface area contributed by atoms with Crippen molar-refractivity contribution in [3.05, 3.63) is 105 Å². The van der Waals surface area contributed by atoms with Crippen LogP contribution in [0.25, 0.3) is 11.0 Å². The third-order valence-corrected chi connectivity index (χ3v) is 16.9. The minimum Gasteiger partial charge on any atom is -0.455 e. The second-order valence-corrected chi connectivity index (χ2v) is 22.2. The number of benzene rings is 2. The van der Waals surface area contributed by atoms with Crippen LogP contribution in [-0.4, -0.2) is 82.8 Å². The van der Waals surface area contributed by atoms with Gasteiger partial charge in [0, 0.05) is 83.6 Å². The van der Waals surface area contributed by atoms with Crippen molar-refractivity contribution in [1.82, 2.24) is 24.6 Å². The molecular weight excluding hydrogens is 905 g/mol. The molecule has 1 atom stereocenters. The second kappa shape index (κ2) is 17.7. The summed E-state index contributed by atoms with van der Waals surface area (Å²) < 4.78 is 37.1. The average Bonchev–Trinajstić information content (AvgIpc) is 3.73. The number of rotatable bonds is 12. The molecule has 0 bridgehead atoms. The molecule has 17 heteroatoms. The highest BCUT2D eigenvalue weighted by molar-refractivity contribution is 9.10. The molecule has 0 radical (unpaired) electrons. The first-order valence-electron chi connectivity index (χ1n) is 21.8. The van der Waals surface area contributed by atoms with E-state index in [2.05, 4.69) is 88.8 Å². The van der Waals surface area contributed by atoms with E-state index in [9.17, 15) is 23.3 Å². The molecular formula is C46H53BrN8O6S2. The van der Waals surface area contributed by atoms with Crippen molar-refractivity contribution >= 4 is 71.8 Å². The number of fused-ring (bicyclic) bond motifs is 1. The zero-order valence-corrected chi connectivity index (χ0v) is 38.7. The predicted octanol–water partition coefficient (Wildman–Crippen LogP) is 9.71. The highest BCUT2D eigenvalue weighted by Gasteiger charge is 2.49. The standard InChI is InChI=1S/C46H53BrN8O6S2/c1-45(2)12-9-30(10-13-45)26-49-43-39(55(57)58)23-35(28-51-43)63(59,60)52-44(56)37-8-7-32(22-41(37)61-34-21-31-11-16-48-42(31)50-27-34)53-17-14-46(15-18-53)24-33(25-46)54-19-20-62-29-40(54)36-5-3-4-6-38(36)47/h3-8,11,16,21-23,27-28,30,33,40H,9-10,12-15,17-20,24-26,29H2,1-2H3,(H,48,50)(H,49,51)(H,52,56)/t40-/m0/s1. The highest BCUT2D eigenvalue weighted by Crippen LogP contribution is 2.54. The fraction of sp³-hybridized carbons (Fsp3) is 0.457. The molecule has 2 saturated carbocycles. The zero-order valence-electron chi connectivity index (χ0n) is 35.5. The second-order valence-electron chi connectivity index (χ2n) is 18.5. The Morgan fingerprint density at radius 1 is 1.02 bits per heavy atom. The van der Waals surface area contributed by atoms with Gasteiger partial charge in [0.05, 0.1) is 22.9 Å². The number of nitrogens with zero attached hydrogens (tertiary/aromatic N) is 5. The topological polar surface area (TPSA) is 176 Å². The summed E-state index contributed by atoms with van der Waals surface area (Å²) in [5.74, 6) is 2.13. The Kier molecular flexibility index (Phi) is 12.2. The van der Waals surface area contributed by atoms with Gasteiger partial charge in [-0.05, 0) is 104 Å². The van der Waals surface area contributed by atoms with Gasteiger partial charge in [0.1, 0.15) is 22.0 Å². The minimum absolute atomic E-state index is 0.0126. The molecule has 9 rings (SSSR count). The van der Waals surface area contributed by atoms with E-state index in [0.717, 1.165) is 93.0 Å². The molecule has 1 spiro atoms. The molecule has 4 aliphatic rings. The van der Waals surface area contributed by atoms with Gasteiger partial charge in [-0.15, -0.1) is 0 Å². The Morgan fingerprint density at radius 3 is 2.56 bits per heavy atom. The highest BCUT2D eigenvalue weighted by atomic mass is 79.9. The SMILES string of the molecule is CC1(C)CCC(CNc2ncc(S(=O)(=O)NC(=O)c3ccc(N4CCC5(CC4)CC(N4CCSC[C@H]4c4ccccc4Br)C5)cc3Oc3cnc4[nH]ccc4c3)cc2[N+](=O)[O-])CC1. The van der Waals surface area contributed by atoms with Crippen LogP contribution in [0.2, 0.25) is 0 Å². The number of halogens is 1. The molecule has 1 amide bonds. The fourth-order valence-electron chi connectivity index (χ4n) is 9.97. The lowest BCUT2D eigenvalue weighted by Crippen LogP contribution is -2.57. The molecule has 3 aromatic heterocycles. The van der Waals surface area contributed by atoms with Crippen molar-refractivity contribution in [1.29, 1.82) is 0 Å². The quantitative estimate of drug-likeness (QED) is 0.0799. The lowest BCUT2D eigenvalue weighted by Gasteiger charge is -2.57. The molecule has 2 aromatic carbocycles. The summed E-state index contributed by atoms with van der Waals surface area (Å²) in [5, 5.41) is 16.0. The minimum atomic E-state index is -4.60. The number of nitro groups is 1. The fourth-order valence-corrected chi connectivity index (χ4v) is 12.5. The molecule has 2 aliphatic carbocycles. The Bertz CT molecular complexity index is 2620. The molecule has 5 heterocycles. The van der Waals surface area contributed by atoms with Gasteiger partial charge in [-0.1, -0.05) is 48.0 Å². The number of carbonyl (C=O) groups is 1. The van der Waals surface area contributed by atoms with Gasteiger partial charge in [0.25, 0.3) is 15.9 Å². The molecule has 4 fully saturated rings. The van der Waals surface area contributed by atoms with Crippen LogP contribution in [0.4, 0.5) is 17.2 Å². The molecule has 5 aromatic rings. The number of carbonyl (C=O) groups excluding carboxylic acids is 1. The molecule has 63 heavy (non-hydrogen) atoms. The van der Waals surface area contributed by atoms with Gasteiger partial charge >= 0.3 is 5.69 Å².